The fraction of sp³-hybridized carbons (Fsp3) is 0.500. The minimum absolute atomic E-state index is 0.0588. The topological polar surface area (TPSA) is 91.0 Å². The molecule has 2 N–H and O–H groups in total. The molecule has 2 aliphatic heterocycles. The van der Waals surface area contributed by atoms with Gasteiger partial charge in [-0.05, 0) is 30.5 Å². The van der Waals surface area contributed by atoms with Gasteiger partial charge in [0, 0.05) is 26.3 Å². The molecule has 2 fully saturated rings. The second-order valence-corrected chi connectivity index (χ2v) is 6.91. The Morgan fingerprint density at radius 3 is 2.58 bits per heavy atom. The Hall–Kier alpha value is -2.77. The van der Waals surface area contributed by atoms with Crippen molar-refractivity contribution in [2.75, 3.05) is 39.0 Å². The van der Waals surface area contributed by atoms with Crippen LogP contribution in [0.25, 0.3) is 0 Å². The fourth-order valence-corrected chi connectivity index (χ4v) is 3.46. The summed E-state index contributed by atoms with van der Waals surface area (Å²) < 4.78 is 5.52. The second kappa shape index (κ2) is 7.23. The van der Waals surface area contributed by atoms with Crippen molar-refractivity contribution >= 4 is 23.7 Å². The van der Waals surface area contributed by atoms with E-state index in [1.54, 1.807) is 36.0 Å². The van der Waals surface area contributed by atoms with Crippen LogP contribution in [0.3, 0.4) is 0 Å². The number of rotatable bonds is 3. The van der Waals surface area contributed by atoms with Crippen LogP contribution in [0.4, 0.5) is 15.3 Å². The number of anilines is 1. The SMILES string of the molecule is CNC(=O)Cc1ccc(NC(=O)N2CCC[C@@]3(CN(C)C(=O)O3)C2)cc1. The molecule has 0 saturated carbocycles. The minimum Gasteiger partial charge on any atom is -0.439 e. The van der Waals surface area contributed by atoms with Crippen LogP contribution in [-0.2, 0) is 16.0 Å². The van der Waals surface area contributed by atoms with E-state index in [9.17, 15) is 14.4 Å². The number of benzene rings is 1. The maximum Gasteiger partial charge on any atom is 0.410 e. The quantitative estimate of drug-likeness (QED) is 0.853. The molecule has 8 heteroatoms. The van der Waals surface area contributed by atoms with Gasteiger partial charge in [0.25, 0.3) is 0 Å². The van der Waals surface area contributed by atoms with Gasteiger partial charge in [-0.1, -0.05) is 12.1 Å². The Bertz CT molecular complexity index is 706. The third-order valence-electron chi connectivity index (χ3n) is 4.82. The summed E-state index contributed by atoms with van der Waals surface area (Å²) in [4.78, 5) is 38.9. The summed E-state index contributed by atoms with van der Waals surface area (Å²) in [5.41, 5.74) is 0.940. The van der Waals surface area contributed by atoms with Gasteiger partial charge in [-0.15, -0.1) is 0 Å². The van der Waals surface area contributed by atoms with Crippen LogP contribution >= 0.6 is 0 Å². The number of urea groups is 1. The van der Waals surface area contributed by atoms with Gasteiger partial charge >= 0.3 is 12.1 Å². The van der Waals surface area contributed by atoms with Crippen LogP contribution in [0.1, 0.15) is 18.4 Å². The number of likely N-dealkylation sites (N-methyl/N-ethyl adjacent to an activating group) is 2. The summed E-state index contributed by atoms with van der Waals surface area (Å²) in [6, 6.07) is 6.97. The summed E-state index contributed by atoms with van der Waals surface area (Å²) in [5, 5.41) is 5.45. The molecule has 1 aromatic rings. The van der Waals surface area contributed by atoms with Crippen LogP contribution in [-0.4, -0.2) is 67.2 Å². The van der Waals surface area contributed by atoms with Crippen molar-refractivity contribution in [1.29, 1.82) is 0 Å². The minimum atomic E-state index is -0.598. The predicted octanol–water partition coefficient (Wildman–Crippen LogP) is 1.42. The van der Waals surface area contributed by atoms with Gasteiger partial charge in [0.1, 0.15) is 5.60 Å². The van der Waals surface area contributed by atoms with Gasteiger partial charge in [-0.25, -0.2) is 9.59 Å². The van der Waals surface area contributed by atoms with Gasteiger partial charge < -0.3 is 25.2 Å². The summed E-state index contributed by atoms with van der Waals surface area (Å²) in [7, 11) is 3.30. The monoisotopic (exact) mass is 360 g/mol. The van der Waals surface area contributed by atoms with Gasteiger partial charge in [0.15, 0.2) is 0 Å². The highest BCUT2D eigenvalue weighted by atomic mass is 16.6. The van der Waals surface area contributed by atoms with E-state index < -0.39 is 5.60 Å². The molecular formula is C18H24N4O4. The number of carbonyl (C=O) groups excluding carboxylic acids is 3. The average Bonchev–Trinajstić information content (AvgIpc) is 2.89. The van der Waals surface area contributed by atoms with Crippen LogP contribution in [0, 0.1) is 0 Å². The lowest BCUT2D eigenvalue weighted by Crippen LogP contribution is -2.53. The molecule has 0 bridgehead atoms. The van der Waals surface area contributed by atoms with E-state index in [4.69, 9.17) is 4.74 Å². The highest BCUT2D eigenvalue weighted by Gasteiger charge is 2.47. The normalized spacial score (nSPS) is 22.3. The first kappa shape index (κ1) is 18.0. The second-order valence-electron chi connectivity index (χ2n) is 6.91. The van der Waals surface area contributed by atoms with Crippen LogP contribution in [0.2, 0.25) is 0 Å². The average molecular weight is 360 g/mol. The van der Waals surface area contributed by atoms with Crippen molar-refractivity contribution in [2.45, 2.75) is 24.9 Å². The lowest BCUT2D eigenvalue weighted by atomic mass is 9.93. The third kappa shape index (κ3) is 3.89. The molecule has 4 amide bonds. The van der Waals surface area contributed by atoms with E-state index in [1.807, 2.05) is 12.1 Å². The molecule has 2 heterocycles. The molecule has 2 saturated heterocycles. The molecule has 0 aromatic heterocycles. The number of nitrogens with zero attached hydrogens (tertiary/aromatic N) is 2. The number of carbonyl (C=O) groups is 3. The van der Waals surface area contributed by atoms with E-state index in [-0.39, 0.29) is 18.0 Å². The van der Waals surface area contributed by atoms with Crippen molar-refractivity contribution in [3.05, 3.63) is 29.8 Å². The number of nitrogens with one attached hydrogen (secondary N) is 2. The summed E-state index contributed by atoms with van der Waals surface area (Å²) >= 11 is 0. The maximum atomic E-state index is 12.6. The molecule has 140 valence electrons. The zero-order valence-corrected chi connectivity index (χ0v) is 15.1. The standard InChI is InChI=1S/C18H24N4O4/c1-19-15(23)10-13-4-6-14(7-5-13)20-16(24)22-9-3-8-18(12-22)11-21(2)17(25)26-18/h4-7H,3,8-12H2,1-2H3,(H,19,23)(H,20,24)/t18-/m1/s1. The van der Waals surface area contributed by atoms with E-state index >= 15 is 0 Å². The first-order chi connectivity index (χ1) is 12.4. The Kier molecular flexibility index (Phi) is 5.01. The largest absolute Gasteiger partial charge is 0.439 e. The third-order valence-corrected chi connectivity index (χ3v) is 4.82. The van der Waals surface area contributed by atoms with E-state index in [0.29, 0.717) is 31.7 Å². The number of amides is 4. The molecule has 3 rings (SSSR count). The molecule has 1 spiro atoms. The van der Waals surface area contributed by atoms with Gasteiger partial charge in [-0.2, -0.15) is 0 Å². The van der Waals surface area contributed by atoms with Crippen LogP contribution in [0.5, 0.6) is 0 Å². The Morgan fingerprint density at radius 2 is 1.96 bits per heavy atom. The van der Waals surface area contributed by atoms with Crippen molar-refractivity contribution < 1.29 is 19.1 Å². The van der Waals surface area contributed by atoms with E-state index in [0.717, 1.165) is 18.4 Å². The summed E-state index contributed by atoms with van der Waals surface area (Å²) in [6.45, 7) is 1.52. The zero-order valence-electron chi connectivity index (χ0n) is 15.1. The molecule has 2 aliphatic rings. The van der Waals surface area contributed by atoms with E-state index in [2.05, 4.69) is 10.6 Å². The Morgan fingerprint density at radius 1 is 1.23 bits per heavy atom. The Labute approximate surface area is 152 Å². The molecule has 8 nitrogen and oxygen atoms in total. The molecule has 0 radical (unpaired) electrons. The number of likely N-dealkylation sites (tertiary alicyclic amines) is 1. The highest BCUT2D eigenvalue weighted by molar-refractivity contribution is 5.89. The van der Waals surface area contributed by atoms with E-state index in [1.165, 1.54) is 0 Å². The molecule has 1 atom stereocenters. The number of hydrogen-bond donors (Lipinski definition) is 2. The molecule has 1 aromatic carbocycles. The lowest BCUT2D eigenvalue weighted by Gasteiger charge is -2.38. The lowest BCUT2D eigenvalue weighted by molar-refractivity contribution is -0.119. The number of hydrogen-bond acceptors (Lipinski definition) is 4. The molecular weight excluding hydrogens is 336 g/mol. The zero-order chi connectivity index (χ0) is 18.7. The molecule has 26 heavy (non-hydrogen) atoms. The summed E-state index contributed by atoms with van der Waals surface area (Å²) in [6.07, 6.45) is 1.53. The number of piperidine rings is 1. The van der Waals surface area contributed by atoms with Gasteiger partial charge in [-0.3, -0.25) is 4.79 Å². The van der Waals surface area contributed by atoms with Crippen LogP contribution < -0.4 is 10.6 Å². The maximum absolute atomic E-state index is 12.6. The van der Waals surface area contributed by atoms with Gasteiger partial charge in [0.05, 0.1) is 19.5 Å². The van der Waals surface area contributed by atoms with Crippen molar-refractivity contribution in [2.24, 2.45) is 0 Å². The van der Waals surface area contributed by atoms with Crippen LogP contribution in [0.15, 0.2) is 24.3 Å². The van der Waals surface area contributed by atoms with Gasteiger partial charge in [0.2, 0.25) is 5.91 Å². The fourth-order valence-electron chi connectivity index (χ4n) is 3.46. The van der Waals surface area contributed by atoms with Crippen molar-refractivity contribution in [3.63, 3.8) is 0 Å². The first-order valence-electron chi connectivity index (χ1n) is 8.70. The van der Waals surface area contributed by atoms with Crippen molar-refractivity contribution in [3.8, 4) is 0 Å². The summed E-state index contributed by atoms with van der Waals surface area (Å²) in [5.74, 6) is -0.0588. The molecule has 0 aliphatic carbocycles. The first-order valence-corrected chi connectivity index (χ1v) is 8.70. The number of ether oxygens (including phenoxy) is 1. The molecule has 0 unspecified atom stereocenters. The van der Waals surface area contributed by atoms with Crippen molar-refractivity contribution in [1.82, 2.24) is 15.1 Å². The highest BCUT2D eigenvalue weighted by Crippen LogP contribution is 2.31. The Balaban J connectivity index is 1.59. The smallest absolute Gasteiger partial charge is 0.410 e. The predicted molar refractivity (Wildman–Crippen MR) is 95.9 cm³/mol.